The van der Waals surface area contributed by atoms with Crippen LogP contribution in [0.4, 0.5) is 0 Å². The number of hydrogen-bond donors (Lipinski definition) is 3. The van der Waals surface area contributed by atoms with E-state index in [9.17, 15) is 20.1 Å². The Morgan fingerprint density at radius 3 is 2.47 bits per heavy atom. The third-order valence-electron chi connectivity index (χ3n) is 5.17. The number of halogens is 2. The molecule has 32 heavy (non-hydrogen) atoms. The number of aliphatic hydroxyl groups is 3. The van der Waals surface area contributed by atoms with Crippen LogP contribution in [0.25, 0.3) is 0 Å². The van der Waals surface area contributed by atoms with Crippen molar-refractivity contribution in [2.24, 2.45) is 0 Å². The summed E-state index contributed by atoms with van der Waals surface area (Å²) in [6, 6.07) is 10.8. The number of carbonyl (C=O) groups excluding carboxylic acids is 1. The van der Waals surface area contributed by atoms with Crippen LogP contribution in [0.1, 0.15) is 21.5 Å². The molecule has 1 fully saturated rings. The Hall–Kier alpha value is -1.91. The van der Waals surface area contributed by atoms with Crippen LogP contribution in [0.5, 0.6) is 5.75 Å². The third kappa shape index (κ3) is 5.18. The van der Waals surface area contributed by atoms with E-state index < -0.39 is 43.3 Å². The van der Waals surface area contributed by atoms with Crippen molar-refractivity contribution in [1.29, 1.82) is 0 Å². The Kier molecular flexibility index (Phi) is 8.35. The zero-order chi connectivity index (χ0) is 23.4. The molecule has 1 heterocycles. The van der Waals surface area contributed by atoms with Crippen LogP contribution in [0.15, 0.2) is 36.4 Å². The molecule has 0 radical (unpaired) electrons. The highest BCUT2D eigenvalue weighted by atomic mass is 35.5. The van der Waals surface area contributed by atoms with Crippen LogP contribution in [0.3, 0.4) is 0 Å². The molecule has 3 N–H and O–H groups in total. The molecule has 1 saturated heterocycles. The summed E-state index contributed by atoms with van der Waals surface area (Å²) in [6.45, 7) is 1.28. The van der Waals surface area contributed by atoms with Crippen molar-refractivity contribution in [3.05, 3.63) is 63.1 Å². The highest BCUT2D eigenvalue weighted by molar-refractivity contribution is 6.38. The first-order chi connectivity index (χ1) is 15.3. The average molecular weight is 487 g/mol. The number of ether oxygens (including phenoxy) is 4. The van der Waals surface area contributed by atoms with Gasteiger partial charge in [-0.25, -0.2) is 4.79 Å². The Balaban J connectivity index is 1.79. The van der Waals surface area contributed by atoms with Gasteiger partial charge in [0.25, 0.3) is 0 Å². The zero-order valence-electron chi connectivity index (χ0n) is 17.4. The first-order valence-corrected chi connectivity index (χ1v) is 10.6. The summed E-state index contributed by atoms with van der Waals surface area (Å²) in [5.41, 5.74) is 1.32. The summed E-state index contributed by atoms with van der Waals surface area (Å²) >= 11 is 12.7. The Morgan fingerprint density at radius 1 is 1.16 bits per heavy atom. The van der Waals surface area contributed by atoms with Crippen LogP contribution in [-0.4, -0.2) is 65.7 Å². The molecule has 0 spiro atoms. The fourth-order valence-corrected chi connectivity index (χ4v) is 3.89. The van der Waals surface area contributed by atoms with Crippen LogP contribution >= 0.6 is 23.2 Å². The summed E-state index contributed by atoms with van der Waals surface area (Å²) in [4.78, 5) is 12.9. The summed E-state index contributed by atoms with van der Waals surface area (Å²) in [6.07, 6.45) is -6.66. The van der Waals surface area contributed by atoms with Crippen molar-refractivity contribution in [3.8, 4) is 5.75 Å². The van der Waals surface area contributed by atoms with Gasteiger partial charge in [0.2, 0.25) is 0 Å². The van der Waals surface area contributed by atoms with Gasteiger partial charge in [0.05, 0.1) is 22.2 Å². The molecule has 0 aromatic heterocycles. The summed E-state index contributed by atoms with van der Waals surface area (Å²) < 4.78 is 21.6. The van der Waals surface area contributed by atoms with E-state index in [-0.39, 0.29) is 28.0 Å². The van der Waals surface area contributed by atoms with Gasteiger partial charge in [-0.1, -0.05) is 53.5 Å². The summed E-state index contributed by atoms with van der Waals surface area (Å²) in [5.74, 6) is -0.631. The van der Waals surface area contributed by atoms with Gasteiger partial charge in [0, 0.05) is 7.11 Å². The molecule has 0 saturated carbocycles. The third-order valence-corrected chi connectivity index (χ3v) is 5.90. The maximum atomic E-state index is 12.9. The summed E-state index contributed by atoms with van der Waals surface area (Å²) in [7, 11) is 1.28. The zero-order valence-corrected chi connectivity index (χ0v) is 18.9. The lowest BCUT2D eigenvalue weighted by molar-refractivity contribution is -0.293. The highest BCUT2D eigenvalue weighted by Gasteiger charge is 2.47. The quantitative estimate of drug-likeness (QED) is 0.511. The molecule has 0 bridgehead atoms. The van der Waals surface area contributed by atoms with E-state index in [2.05, 4.69) is 0 Å². The van der Waals surface area contributed by atoms with Gasteiger partial charge < -0.3 is 34.3 Å². The molecule has 10 heteroatoms. The molecule has 3 rings (SSSR count). The molecular weight excluding hydrogens is 463 g/mol. The number of aliphatic hydroxyl groups excluding tert-OH is 3. The molecule has 5 atom stereocenters. The Labute approximate surface area is 195 Å². The topological polar surface area (TPSA) is 115 Å². The highest BCUT2D eigenvalue weighted by Crippen LogP contribution is 2.38. The van der Waals surface area contributed by atoms with E-state index in [4.69, 9.17) is 42.1 Å². The number of esters is 1. The largest absolute Gasteiger partial charge is 0.486 e. The second-order valence-electron chi connectivity index (χ2n) is 7.26. The molecule has 1 aliphatic rings. The summed E-state index contributed by atoms with van der Waals surface area (Å²) in [5, 5.41) is 30.0. The standard InChI is InChI=1S/C22H24Cl2O8/c1-11-13(8-14(23)19(16(11)24)30-10-12-6-4-3-5-7-12)21(28)32-20-18(27)17(26)15(9-25)31-22(20)29-2/h3-8,15,17-18,20,22,25-27H,9-10H2,1-2H3/t15-,17+,18+,20-,22+/m1/s1. The number of hydrogen-bond acceptors (Lipinski definition) is 8. The predicted molar refractivity (Wildman–Crippen MR) is 116 cm³/mol. The maximum absolute atomic E-state index is 12.9. The second-order valence-corrected chi connectivity index (χ2v) is 8.05. The average Bonchev–Trinajstić information content (AvgIpc) is 2.80. The minimum atomic E-state index is -1.55. The minimum absolute atomic E-state index is 0.0490. The lowest BCUT2D eigenvalue weighted by atomic mass is 9.99. The van der Waals surface area contributed by atoms with E-state index in [1.807, 2.05) is 30.3 Å². The van der Waals surface area contributed by atoms with E-state index >= 15 is 0 Å². The van der Waals surface area contributed by atoms with Crippen molar-refractivity contribution < 1.29 is 39.1 Å². The normalized spacial score (nSPS) is 25.4. The number of benzene rings is 2. The fourth-order valence-electron chi connectivity index (χ4n) is 3.33. The van der Waals surface area contributed by atoms with Crippen LogP contribution in [0, 0.1) is 6.92 Å². The van der Waals surface area contributed by atoms with Crippen molar-refractivity contribution >= 4 is 29.2 Å². The van der Waals surface area contributed by atoms with E-state index in [0.29, 0.717) is 5.56 Å². The molecular formula is C22H24Cl2O8. The lowest BCUT2D eigenvalue weighted by Gasteiger charge is -2.40. The monoisotopic (exact) mass is 486 g/mol. The van der Waals surface area contributed by atoms with Crippen LogP contribution in [-0.2, 0) is 20.8 Å². The van der Waals surface area contributed by atoms with Gasteiger partial charge in [-0.3, -0.25) is 0 Å². The van der Waals surface area contributed by atoms with Gasteiger partial charge in [-0.15, -0.1) is 0 Å². The van der Waals surface area contributed by atoms with Crippen molar-refractivity contribution in [1.82, 2.24) is 0 Å². The van der Waals surface area contributed by atoms with E-state index in [1.54, 1.807) is 6.92 Å². The first kappa shape index (κ1) is 24.7. The van der Waals surface area contributed by atoms with Gasteiger partial charge >= 0.3 is 5.97 Å². The smallest absolute Gasteiger partial charge is 0.339 e. The molecule has 2 aromatic carbocycles. The van der Waals surface area contributed by atoms with Gasteiger partial charge in [-0.2, -0.15) is 0 Å². The fraction of sp³-hybridized carbons (Fsp3) is 0.409. The number of carbonyl (C=O) groups is 1. The van der Waals surface area contributed by atoms with Gasteiger partial charge in [0.1, 0.15) is 24.9 Å². The first-order valence-electron chi connectivity index (χ1n) is 9.80. The number of methoxy groups -OCH3 is 1. The number of rotatable bonds is 7. The molecule has 0 aliphatic carbocycles. The maximum Gasteiger partial charge on any atom is 0.339 e. The van der Waals surface area contributed by atoms with E-state index in [1.165, 1.54) is 13.2 Å². The Morgan fingerprint density at radius 2 is 1.84 bits per heavy atom. The van der Waals surface area contributed by atoms with Crippen LogP contribution in [0.2, 0.25) is 10.0 Å². The SMILES string of the molecule is CO[C@H]1O[C@H](CO)[C@H](O)[C@H](O)[C@H]1OC(=O)c1cc(Cl)c(OCc2ccccc2)c(Cl)c1C. The molecule has 1 aliphatic heterocycles. The molecule has 0 unspecified atom stereocenters. The predicted octanol–water partition coefficient (Wildman–Crippen LogP) is 2.49. The molecule has 174 valence electrons. The van der Waals surface area contributed by atoms with Gasteiger partial charge in [-0.05, 0) is 24.1 Å². The second kappa shape index (κ2) is 10.8. The van der Waals surface area contributed by atoms with Crippen molar-refractivity contribution in [2.45, 2.75) is 44.2 Å². The lowest BCUT2D eigenvalue weighted by Crippen LogP contribution is -2.60. The Bertz CT molecular complexity index is 937. The molecule has 2 aromatic rings. The van der Waals surface area contributed by atoms with Crippen molar-refractivity contribution in [2.75, 3.05) is 13.7 Å². The van der Waals surface area contributed by atoms with E-state index in [0.717, 1.165) is 5.56 Å². The minimum Gasteiger partial charge on any atom is -0.486 e. The molecule has 0 amide bonds. The van der Waals surface area contributed by atoms with Crippen LogP contribution < -0.4 is 4.74 Å². The van der Waals surface area contributed by atoms with Crippen molar-refractivity contribution in [3.63, 3.8) is 0 Å². The molecule has 8 nitrogen and oxygen atoms in total. The van der Waals surface area contributed by atoms with Gasteiger partial charge in [0.15, 0.2) is 18.1 Å².